The topological polar surface area (TPSA) is 61.8 Å². The van der Waals surface area contributed by atoms with Gasteiger partial charge in [0.2, 0.25) is 5.88 Å². The van der Waals surface area contributed by atoms with E-state index in [9.17, 15) is 0 Å². The van der Waals surface area contributed by atoms with Crippen LogP contribution in [0.1, 0.15) is 24.5 Å². The van der Waals surface area contributed by atoms with E-state index in [1.807, 2.05) is 25.4 Å². The van der Waals surface area contributed by atoms with Crippen LogP contribution in [0.2, 0.25) is 0 Å². The van der Waals surface area contributed by atoms with E-state index in [1.54, 1.807) is 7.11 Å². The van der Waals surface area contributed by atoms with E-state index < -0.39 is 0 Å². The van der Waals surface area contributed by atoms with Crippen LogP contribution in [-0.2, 0) is 13.1 Å². The summed E-state index contributed by atoms with van der Waals surface area (Å²) in [5, 5.41) is 6.93. The first-order chi connectivity index (χ1) is 13.2. The fourth-order valence-corrected chi connectivity index (χ4v) is 3.45. The second-order valence-corrected chi connectivity index (χ2v) is 6.98. The molecule has 2 atom stereocenters. The molecule has 1 aromatic heterocycles. The van der Waals surface area contributed by atoms with Crippen molar-refractivity contribution >= 4 is 5.96 Å². The fraction of sp³-hybridized carbons (Fsp3) is 0.429. The van der Waals surface area contributed by atoms with Crippen molar-refractivity contribution in [2.45, 2.75) is 38.5 Å². The Bertz CT molecular complexity index is 732. The maximum atomic E-state index is 5.10. The minimum Gasteiger partial charge on any atom is -0.481 e. The number of likely N-dealkylation sites (tertiary alicyclic amines) is 1. The van der Waals surface area contributed by atoms with Gasteiger partial charge in [-0.2, -0.15) is 0 Å². The van der Waals surface area contributed by atoms with Crippen LogP contribution in [0.5, 0.6) is 5.88 Å². The van der Waals surface area contributed by atoms with Crippen LogP contribution in [0.15, 0.2) is 53.7 Å². The first-order valence-corrected chi connectivity index (χ1v) is 9.42. The Morgan fingerprint density at radius 2 is 2.04 bits per heavy atom. The second-order valence-electron chi connectivity index (χ2n) is 6.98. The Kier molecular flexibility index (Phi) is 6.65. The van der Waals surface area contributed by atoms with Gasteiger partial charge < -0.3 is 15.4 Å². The predicted octanol–water partition coefficient (Wildman–Crippen LogP) is 2.42. The number of nitrogens with one attached hydrogen (secondary N) is 2. The summed E-state index contributed by atoms with van der Waals surface area (Å²) >= 11 is 0. The van der Waals surface area contributed by atoms with Gasteiger partial charge in [-0.1, -0.05) is 36.4 Å². The van der Waals surface area contributed by atoms with E-state index in [0.29, 0.717) is 24.5 Å². The molecule has 2 unspecified atom stereocenters. The molecule has 1 aromatic carbocycles. The molecule has 6 heteroatoms. The lowest BCUT2D eigenvalue weighted by molar-refractivity contribution is 0.258. The van der Waals surface area contributed by atoms with Crippen LogP contribution in [0.25, 0.3) is 0 Å². The van der Waals surface area contributed by atoms with Crippen molar-refractivity contribution in [1.82, 2.24) is 20.5 Å². The summed E-state index contributed by atoms with van der Waals surface area (Å²) in [7, 11) is 3.43. The zero-order valence-corrected chi connectivity index (χ0v) is 16.4. The van der Waals surface area contributed by atoms with Gasteiger partial charge in [0, 0.05) is 51.0 Å². The predicted molar refractivity (Wildman–Crippen MR) is 109 cm³/mol. The van der Waals surface area contributed by atoms with Gasteiger partial charge in [0.05, 0.1) is 7.11 Å². The SMILES string of the molecule is CN=C(NCc1ccc(OC)nc1)NC1CC(C)N(Cc2ccccc2)C1. The van der Waals surface area contributed by atoms with Crippen molar-refractivity contribution in [3.8, 4) is 5.88 Å². The van der Waals surface area contributed by atoms with Crippen molar-refractivity contribution in [2.75, 3.05) is 20.7 Å². The number of aromatic nitrogens is 1. The number of ether oxygens (including phenoxy) is 1. The van der Waals surface area contributed by atoms with E-state index in [2.05, 4.69) is 62.8 Å². The third-order valence-electron chi connectivity index (χ3n) is 4.96. The quantitative estimate of drug-likeness (QED) is 0.606. The highest BCUT2D eigenvalue weighted by atomic mass is 16.5. The van der Waals surface area contributed by atoms with Crippen LogP contribution >= 0.6 is 0 Å². The van der Waals surface area contributed by atoms with Crippen LogP contribution in [0, 0.1) is 0 Å². The molecule has 0 bridgehead atoms. The number of rotatable bonds is 6. The average molecular weight is 367 g/mol. The zero-order valence-electron chi connectivity index (χ0n) is 16.4. The number of hydrogen-bond acceptors (Lipinski definition) is 4. The summed E-state index contributed by atoms with van der Waals surface area (Å²) in [5.41, 5.74) is 2.45. The highest BCUT2D eigenvalue weighted by Crippen LogP contribution is 2.20. The van der Waals surface area contributed by atoms with Crippen molar-refractivity contribution in [3.05, 3.63) is 59.8 Å². The standard InChI is InChI=1S/C21H29N5O/c1-16-11-19(15-26(16)14-17-7-5-4-6-8-17)25-21(22-2)24-13-18-9-10-20(27-3)23-12-18/h4-10,12,16,19H,11,13-15H2,1-3H3,(H2,22,24,25). The first kappa shape index (κ1) is 19.2. The van der Waals surface area contributed by atoms with Crippen molar-refractivity contribution in [2.24, 2.45) is 4.99 Å². The fourth-order valence-electron chi connectivity index (χ4n) is 3.45. The smallest absolute Gasteiger partial charge is 0.212 e. The van der Waals surface area contributed by atoms with Crippen molar-refractivity contribution < 1.29 is 4.74 Å². The van der Waals surface area contributed by atoms with E-state index in [-0.39, 0.29) is 0 Å². The Hall–Kier alpha value is -2.60. The van der Waals surface area contributed by atoms with E-state index in [4.69, 9.17) is 4.74 Å². The highest BCUT2D eigenvalue weighted by Gasteiger charge is 2.29. The van der Waals surface area contributed by atoms with Crippen molar-refractivity contribution in [3.63, 3.8) is 0 Å². The van der Waals surface area contributed by atoms with Gasteiger partial charge in [0.15, 0.2) is 5.96 Å². The Morgan fingerprint density at radius 3 is 2.70 bits per heavy atom. The summed E-state index contributed by atoms with van der Waals surface area (Å²) in [6.07, 6.45) is 2.93. The number of guanidine groups is 1. The molecule has 144 valence electrons. The van der Waals surface area contributed by atoms with Gasteiger partial charge in [0.25, 0.3) is 0 Å². The summed E-state index contributed by atoms with van der Waals surface area (Å²) in [6, 6.07) is 15.5. The van der Waals surface area contributed by atoms with E-state index in [1.165, 1.54) is 5.56 Å². The maximum Gasteiger partial charge on any atom is 0.212 e. The Labute approximate surface area is 161 Å². The molecule has 2 aromatic rings. The average Bonchev–Trinajstić information content (AvgIpc) is 3.05. The molecule has 3 rings (SSSR count). The molecule has 1 aliphatic heterocycles. The van der Waals surface area contributed by atoms with E-state index >= 15 is 0 Å². The molecule has 27 heavy (non-hydrogen) atoms. The number of methoxy groups -OCH3 is 1. The first-order valence-electron chi connectivity index (χ1n) is 9.42. The van der Waals surface area contributed by atoms with Crippen LogP contribution in [0.3, 0.4) is 0 Å². The monoisotopic (exact) mass is 367 g/mol. The molecule has 0 amide bonds. The van der Waals surface area contributed by atoms with Gasteiger partial charge in [-0.3, -0.25) is 9.89 Å². The number of nitrogens with zero attached hydrogens (tertiary/aromatic N) is 3. The van der Waals surface area contributed by atoms with Gasteiger partial charge >= 0.3 is 0 Å². The zero-order chi connectivity index (χ0) is 19.1. The normalized spacial score (nSPS) is 20.5. The number of hydrogen-bond donors (Lipinski definition) is 2. The highest BCUT2D eigenvalue weighted by molar-refractivity contribution is 5.80. The lowest BCUT2D eigenvalue weighted by atomic mass is 10.2. The van der Waals surface area contributed by atoms with Crippen LogP contribution in [0.4, 0.5) is 0 Å². The molecular formula is C21H29N5O. The molecule has 6 nitrogen and oxygen atoms in total. The van der Waals surface area contributed by atoms with Gasteiger partial charge in [-0.05, 0) is 24.5 Å². The molecule has 1 aliphatic rings. The molecule has 2 heterocycles. The number of pyridine rings is 1. The summed E-state index contributed by atoms with van der Waals surface area (Å²) in [6.45, 7) is 4.97. The molecule has 0 aliphatic carbocycles. The van der Waals surface area contributed by atoms with Crippen molar-refractivity contribution in [1.29, 1.82) is 0 Å². The van der Waals surface area contributed by atoms with E-state index in [0.717, 1.165) is 31.0 Å². The number of aliphatic imine (C=N–C) groups is 1. The molecular weight excluding hydrogens is 338 g/mol. The van der Waals surface area contributed by atoms with Crippen LogP contribution < -0.4 is 15.4 Å². The summed E-state index contributed by atoms with van der Waals surface area (Å²) in [5.74, 6) is 1.45. The van der Waals surface area contributed by atoms with Gasteiger partial charge in [-0.15, -0.1) is 0 Å². The minimum atomic E-state index is 0.393. The second kappa shape index (κ2) is 9.37. The molecule has 1 saturated heterocycles. The number of benzene rings is 1. The summed E-state index contributed by atoms with van der Waals surface area (Å²) in [4.78, 5) is 11.1. The molecule has 1 fully saturated rings. The lowest BCUT2D eigenvalue weighted by Crippen LogP contribution is -2.44. The molecule has 0 saturated carbocycles. The molecule has 2 N–H and O–H groups in total. The Balaban J connectivity index is 1.49. The van der Waals surface area contributed by atoms with Gasteiger partial charge in [0.1, 0.15) is 0 Å². The molecule has 0 radical (unpaired) electrons. The third-order valence-corrected chi connectivity index (χ3v) is 4.96. The lowest BCUT2D eigenvalue weighted by Gasteiger charge is -2.21. The largest absolute Gasteiger partial charge is 0.481 e. The minimum absolute atomic E-state index is 0.393. The third kappa shape index (κ3) is 5.44. The Morgan fingerprint density at radius 1 is 1.22 bits per heavy atom. The summed E-state index contributed by atoms with van der Waals surface area (Å²) < 4.78 is 5.10. The van der Waals surface area contributed by atoms with Crippen LogP contribution in [-0.4, -0.2) is 48.6 Å². The maximum absolute atomic E-state index is 5.10. The van der Waals surface area contributed by atoms with Gasteiger partial charge in [-0.25, -0.2) is 4.98 Å². The molecule has 0 spiro atoms.